The van der Waals surface area contributed by atoms with Crippen LogP contribution in [-0.4, -0.2) is 35.1 Å². The van der Waals surface area contributed by atoms with Crippen LogP contribution in [0.2, 0.25) is 0 Å². The molecule has 2 amide bonds. The molecule has 0 aliphatic carbocycles. The number of nitrogens with one attached hydrogen (secondary N) is 1. The number of nitrogens with zero attached hydrogens (tertiary/aromatic N) is 1. The van der Waals surface area contributed by atoms with E-state index in [0.717, 1.165) is 6.42 Å². The Bertz CT molecular complexity index is 420. The summed E-state index contributed by atoms with van der Waals surface area (Å²) in [6, 6.07) is 7.33. The lowest BCUT2D eigenvalue weighted by Crippen LogP contribution is -2.44. The number of carboxylic acids is 1. The average Bonchev–Trinajstić information content (AvgIpc) is 2.42. The van der Waals surface area contributed by atoms with Gasteiger partial charge >= 0.3 is 12.0 Å². The highest BCUT2D eigenvalue weighted by Gasteiger charge is 2.23. The molecule has 5 nitrogen and oxygen atoms in total. The van der Waals surface area contributed by atoms with Crippen LogP contribution in [0.15, 0.2) is 30.3 Å². The van der Waals surface area contributed by atoms with Crippen LogP contribution in [0, 0.1) is 0 Å². The van der Waals surface area contributed by atoms with E-state index in [0.29, 0.717) is 18.7 Å². The number of carbonyl (C=O) groups excluding carboxylic acids is 1. The molecule has 1 atom stereocenters. The third-order valence-electron chi connectivity index (χ3n) is 2.81. The Morgan fingerprint density at radius 2 is 1.89 bits per heavy atom. The zero-order valence-electron chi connectivity index (χ0n) is 11.3. The summed E-state index contributed by atoms with van der Waals surface area (Å²) in [5, 5.41) is 11.8. The minimum Gasteiger partial charge on any atom is -0.479 e. The predicted molar refractivity (Wildman–Crippen MR) is 72.9 cm³/mol. The number of rotatable bonds is 6. The van der Waals surface area contributed by atoms with Crippen LogP contribution in [0.5, 0.6) is 0 Å². The van der Waals surface area contributed by atoms with Crippen LogP contribution in [-0.2, 0) is 4.79 Å². The summed E-state index contributed by atoms with van der Waals surface area (Å²) >= 11 is 0. The second-order valence-electron chi connectivity index (χ2n) is 4.21. The number of urea groups is 1. The molecule has 1 aromatic rings. The van der Waals surface area contributed by atoms with Gasteiger partial charge in [0.25, 0.3) is 0 Å². The Morgan fingerprint density at radius 1 is 1.26 bits per heavy atom. The van der Waals surface area contributed by atoms with Crippen molar-refractivity contribution in [2.24, 2.45) is 0 Å². The molecular weight excluding hydrogens is 244 g/mol. The van der Waals surface area contributed by atoms with Gasteiger partial charge < -0.3 is 15.3 Å². The summed E-state index contributed by atoms with van der Waals surface area (Å²) in [6.07, 6.45) is 0.838. The van der Waals surface area contributed by atoms with Gasteiger partial charge in [-0.1, -0.05) is 37.3 Å². The van der Waals surface area contributed by atoms with Crippen LogP contribution in [0.1, 0.15) is 31.9 Å². The van der Waals surface area contributed by atoms with Crippen molar-refractivity contribution < 1.29 is 14.7 Å². The molecule has 0 unspecified atom stereocenters. The van der Waals surface area contributed by atoms with Crippen molar-refractivity contribution in [3.05, 3.63) is 35.9 Å². The summed E-state index contributed by atoms with van der Waals surface area (Å²) in [6.45, 7) is 5.01. The zero-order valence-corrected chi connectivity index (χ0v) is 11.3. The number of hydrogen-bond donors (Lipinski definition) is 2. The van der Waals surface area contributed by atoms with Crippen molar-refractivity contribution in [2.75, 3.05) is 13.1 Å². The van der Waals surface area contributed by atoms with Crippen molar-refractivity contribution in [3.63, 3.8) is 0 Å². The molecule has 0 spiro atoms. The van der Waals surface area contributed by atoms with Gasteiger partial charge in [-0.15, -0.1) is 0 Å². The smallest absolute Gasteiger partial charge is 0.330 e. The molecule has 0 saturated carbocycles. The molecule has 19 heavy (non-hydrogen) atoms. The minimum atomic E-state index is -1.06. The number of benzene rings is 1. The summed E-state index contributed by atoms with van der Waals surface area (Å²) in [7, 11) is 0. The molecule has 0 aliphatic heterocycles. The SMILES string of the molecule is CCCN(CC)C(=O)N[C@H](C(=O)O)c1ccccc1. The van der Waals surface area contributed by atoms with Gasteiger partial charge in [0.05, 0.1) is 0 Å². The fourth-order valence-corrected chi connectivity index (χ4v) is 1.82. The van der Waals surface area contributed by atoms with Gasteiger partial charge in [0.2, 0.25) is 0 Å². The molecular formula is C14H20N2O3. The van der Waals surface area contributed by atoms with Crippen molar-refractivity contribution in [2.45, 2.75) is 26.3 Å². The van der Waals surface area contributed by atoms with Crippen LogP contribution < -0.4 is 5.32 Å². The molecule has 2 N–H and O–H groups in total. The van der Waals surface area contributed by atoms with Crippen molar-refractivity contribution in [3.8, 4) is 0 Å². The summed E-state index contributed by atoms with van der Waals surface area (Å²) < 4.78 is 0. The quantitative estimate of drug-likeness (QED) is 0.828. The topological polar surface area (TPSA) is 69.6 Å². The van der Waals surface area contributed by atoms with E-state index in [1.807, 2.05) is 13.8 Å². The first kappa shape index (κ1) is 15.0. The molecule has 1 aromatic carbocycles. The molecule has 0 aromatic heterocycles. The highest BCUT2D eigenvalue weighted by molar-refractivity contribution is 5.83. The van der Waals surface area contributed by atoms with Gasteiger partial charge in [-0.2, -0.15) is 0 Å². The van der Waals surface area contributed by atoms with Crippen LogP contribution in [0.25, 0.3) is 0 Å². The maximum Gasteiger partial charge on any atom is 0.330 e. The Labute approximate surface area is 113 Å². The fourth-order valence-electron chi connectivity index (χ4n) is 1.82. The number of carbonyl (C=O) groups is 2. The van der Waals surface area contributed by atoms with Crippen molar-refractivity contribution in [1.29, 1.82) is 0 Å². The Kier molecular flexibility index (Phi) is 5.85. The maximum absolute atomic E-state index is 12.0. The summed E-state index contributed by atoms with van der Waals surface area (Å²) in [4.78, 5) is 24.9. The number of carboxylic acid groups (broad SMARTS) is 1. The third kappa shape index (κ3) is 4.28. The zero-order chi connectivity index (χ0) is 14.3. The molecule has 0 saturated heterocycles. The molecule has 0 bridgehead atoms. The molecule has 1 rings (SSSR count). The molecule has 0 heterocycles. The summed E-state index contributed by atoms with van der Waals surface area (Å²) in [5.74, 6) is -1.06. The Balaban J connectivity index is 2.80. The second-order valence-corrected chi connectivity index (χ2v) is 4.21. The molecule has 5 heteroatoms. The van der Waals surface area contributed by atoms with Gasteiger partial charge in [-0.05, 0) is 18.9 Å². The van der Waals surface area contributed by atoms with Gasteiger partial charge in [0, 0.05) is 13.1 Å². The van der Waals surface area contributed by atoms with E-state index in [4.69, 9.17) is 0 Å². The second kappa shape index (κ2) is 7.41. The van der Waals surface area contributed by atoms with E-state index in [-0.39, 0.29) is 6.03 Å². The lowest BCUT2D eigenvalue weighted by atomic mass is 10.1. The summed E-state index contributed by atoms with van der Waals surface area (Å²) in [5.41, 5.74) is 0.566. The van der Waals surface area contributed by atoms with Gasteiger partial charge in [-0.3, -0.25) is 0 Å². The third-order valence-corrected chi connectivity index (χ3v) is 2.81. The van der Waals surface area contributed by atoms with E-state index in [9.17, 15) is 14.7 Å². The molecule has 104 valence electrons. The fraction of sp³-hybridized carbons (Fsp3) is 0.429. The van der Waals surface area contributed by atoms with Crippen molar-refractivity contribution >= 4 is 12.0 Å². The number of amides is 2. The van der Waals surface area contributed by atoms with E-state index in [2.05, 4.69) is 5.32 Å². The normalized spacial score (nSPS) is 11.7. The first-order valence-electron chi connectivity index (χ1n) is 6.43. The monoisotopic (exact) mass is 264 g/mol. The highest BCUT2D eigenvalue weighted by atomic mass is 16.4. The number of hydrogen-bond acceptors (Lipinski definition) is 2. The van der Waals surface area contributed by atoms with E-state index in [1.54, 1.807) is 35.2 Å². The maximum atomic E-state index is 12.0. The van der Waals surface area contributed by atoms with Crippen LogP contribution >= 0.6 is 0 Å². The largest absolute Gasteiger partial charge is 0.479 e. The minimum absolute atomic E-state index is 0.347. The lowest BCUT2D eigenvalue weighted by Gasteiger charge is -2.23. The van der Waals surface area contributed by atoms with Gasteiger partial charge in [0.15, 0.2) is 6.04 Å². The highest BCUT2D eigenvalue weighted by Crippen LogP contribution is 2.13. The molecule has 0 fully saturated rings. The first-order chi connectivity index (χ1) is 9.10. The van der Waals surface area contributed by atoms with Crippen LogP contribution in [0.3, 0.4) is 0 Å². The average molecular weight is 264 g/mol. The van der Waals surface area contributed by atoms with Gasteiger partial charge in [-0.25, -0.2) is 9.59 Å². The number of aliphatic carboxylic acids is 1. The molecule has 0 radical (unpaired) electrons. The lowest BCUT2D eigenvalue weighted by molar-refractivity contribution is -0.139. The standard InChI is InChI=1S/C14H20N2O3/c1-3-10-16(4-2)14(19)15-12(13(17)18)11-8-6-5-7-9-11/h5-9,12H,3-4,10H2,1-2H3,(H,15,19)(H,17,18)/t12-/m0/s1. The van der Waals surface area contributed by atoms with Gasteiger partial charge in [0.1, 0.15) is 0 Å². The Hall–Kier alpha value is -2.04. The van der Waals surface area contributed by atoms with E-state index >= 15 is 0 Å². The van der Waals surface area contributed by atoms with E-state index < -0.39 is 12.0 Å². The predicted octanol–water partition coefficient (Wildman–Crippen LogP) is 2.25. The van der Waals surface area contributed by atoms with E-state index in [1.165, 1.54) is 0 Å². The Morgan fingerprint density at radius 3 is 2.37 bits per heavy atom. The molecule has 0 aliphatic rings. The van der Waals surface area contributed by atoms with Crippen molar-refractivity contribution in [1.82, 2.24) is 10.2 Å². The first-order valence-corrected chi connectivity index (χ1v) is 6.43. The van der Waals surface area contributed by atoms with Crippen LogP contribution in [0.4, 0.5) is 4.79 Å².